The van der Waals surface area contributed by atoms with E-state index in [1.54, 1.807) is 0 Å². The monoisotopic (exact) mass is 287 g/mol. The highest BCUT2D eigenvalue weighted by Crippen LogP contribution is 2.39. The third kappa shape index (κ3) is 1.87. The Labute approximate surface area is 131 Å². The third-order valence-corrected chi connectivity index (χ3v) is 4.57. The van der Waals surface area contributed by atoms with E-state index in [4.69, 9.17) is 4.98 Å². The molecule has 4 rings (SSSR count). The van der Waals surface area contributed by atoms with E-state index < -0.39 is 0 Å². The van der Waals surface area contributed by atoms with E-state index in [0.29, 0.717) is 0 Å². The van der Waals surface area contributed by atoms with Gasteiger partial charge in [-0.2, -0.15) is 0 Å². The van der Waals surface area contributed by atoms with Gasteiger partial charge in [0.25, 0.3) is 6.33 Å². The molecule has 1 aliphatic rings. The predicted molar refractivity (Wildman–Crippen MR) is 88.6 cm³/mol. The molecule has 0 atom stereocenters. The highest BCUT2D eigenvalue weighted by atomic mass is 15.0. The number of rotatable bonds is 1. The molecule has 1 aromatic heterocycles. The standard InChI is InChI=1S/C20H19N2/c1-13-8-9-15-11-18-19(17(15)10-13)21-12-22(3)20(18)16-7-5-4-6-14(16)2/h4-10,12H,11H2,1-3H3/q+1. The van der Waals surface area contributed by atoms with Crippen molar-refractivity contribution in [2.24, 2.45) is 7.05 Å². The third-order valence-electron chi connectivity index (χ3n) is 4.57. The first kappa shape index (κ1) is 13.2. The highest BCUT2D eigenvalue weighted by molar-refractivity contribution is 5.80. The summed E-state index contributed by atoms with van der Waals surface area (Å²) in [5, 5.41) is 0. The Bertz CT molecular complexity index is 894. The van der Waals surface area contributed by atoms with Gasteiger partial charge in [-0.1, -0.05) is 42.0 Å². The smallest absolute Gasteiger partial charge is 0.232 e. The van der Waals surface area contributed by atoms with Crippen LogP contribution in [-0.2, 0) is 13.5 Å². The Kier molecular flexibility index (Phi) is 2.86. The van der Waals surface area contributed by atoms with Crippen LogP contribution in [0.1, 0.15) is 22.3 Å². The zero-order chi connectivity index (χ0) is 15.3. The summed E-state index contributed by atoms with van der Waals surface area (Å²) in [6, 6.07) is 15.3. The Balaban J connectivity index is 2.00. The summed E-state index contributed by atoms with van der Waals surface area (Å²) in [7, 11) is 2.09. The highest BCUT2D eigenvalue weighted by Gasteiger charge is 2.30. The lowest BCUT2D eigenvalue weighted by atomic mass is 10.00. The lowest BCUT2D eigenvalue weighted by molar-refractivity contribution is -0.663. The lowest BCUT2D eigenvalue weighted by Crippen LogP contribution is -2.33. The number of fused-ring (bicyclic) bond motifs is 3. The molecule has 0 aliphatic heterocycles. The Morgan fingerprint density at radius 1 is 1.00 bits per heavy atom. The van der Waals surface area contributed by atoms with Crippen LogP contribution in [0.15, 0.2) is 48.8 Å². The zero-order valence-corrected chi connectivity index (χ0v) is 13.2. The van der Waals surface area contributed by atoms with Gasteiger partial charge in [-0.05, 0) is 36.0 Å². The van der Waals surface area contributed by atoms with Crippen molar-refractivity contribution in [2.75, 3.05) is 0 Å². The number of benzene rings is 2. The van der Waals surface area contributed by atoms with Gasteiger partial charge in [-0.15, -0.1) is 0 Å². The lowest BCUT2D eigenvalue weighted by Gasteiger charge is -2.09. The number of aromatic nitrogens is 2. The van der Waals surface area contributed by atoms with Crippen molar-refractivity contribution in [1.82, 2.24) is 4.98 Å². The predicted octanol–water partition coefficient (Wildman–Crippen LogP) is 3.76. The number of nitrogens with zero attached hydrogens (tertiary/aromatic N) is 2. The minimum atomic E-state index is 0.969. The van der Waals surface area contributed by atoms with Gasteiger partial charge in [-0.25, -0.2) is 4.57 Å². The van der Waals surface area contributed by atoms with Crippen LogP contribution in [0, 0.1) is 13.8 Å². The van der Waals surface area contributed by atoms with Crippen LogP contribution in [-0.4, -0.2) is 4.98 Å². The Morgan fingerprint density at radius 2 is 1.82 bits per heavy atom. The molecule has 0 spiro atoms. The summed E-state index contributed by atoms with van der Waals surface area (Å²) >= 11 is 0. The number of hydrogen-bond donors (Lipinski definition) is 0. The van der Waals surface area contributed by atoms with E-state index in [1.807, 2.05) is 6.33 Å². The van der Waals surface area contributed by atoms with Crippen molar-refractivity contribution in [2.45, 2.75) is 20.3 Å². The van der Waals surface area contributed by atoms with E-state index in [1.165, 1.54) is 39.1 Å². The maximum atomic E-state index is 4.72. The summed E-state index contributed by atoms with van der Waals surface area (Å²) in [5.41, 5.74) is 10.4. The normalized spacial score (nSPS) is 12.1. The van der Waals surface area contributed by atoms with Crippen LogP contribution in [0.25, 0.3) is 22.5 Å². The van der Waals surface area contributed by atoms with Gasteiger partial charge in [0.05, 0.1) is 12.6 Å². The van der Waals surface area contributed by atoms with Crippen molar-refractivity contribution in [1.29, 1.82) is 0 Å². The zero-order valence-electron chi connectivity index (χ0n) is 13.2. The summed E-state index contributed by atoms with van der Waals surface area (Å²) in [6.45, 7) is 4.32. The fourth-order valence-corrected chi connectivity index (χ4v) is 3.45. The second-order valence-electron chi connectivity index (χ2n) is 6.18. The molecule has 0 N–H and O–H groups in total. The average Bonchev–Trinajstić information content (AvgIpc) is 2.86. The molecule has 108 valence electrons. The van der Waals surface area contributed by atoms with E-state index in [2.05, 4.69) is 67.9 Å². The van der Waals surface area contributed by atoms with Crippen molar-refractivity contribution < 1.29 is 4.57 Å². The van der Waals surface area contributed by atoms with Gasteiger partial charge in [0, 0.05) is 17.5 Å². The topological polar surface area (TPSA) is 16.8 Å². The maximum Gasteiger partial charge on any atom is 0.287 e. The second-order valence-corrected chi connectivity index (χ2v) is 6.18. The summed E-state index contributed by atoms with van der Waals surface area (Å²) in [6.07, 6.45) is 2.91. The fourth-order valence-electron chi connectivity index (χ4n) is 3.45. The van der Waals surface area contributed by atoms with Crippen LogP contribution >= 0.6 is 0 Å². The van der Waals surface area contributed by atoms with E-state index in [-0.39, 0.29) is 0 Å². The molecule has 0 amide bonds. The maximum absolute atomic E-state index is 4.72. The van der Waals surface area contributed by atoms with Gasteiger partial charge in [0.15, 0.2) is 5.69 Å². The van der Waals surface area contributed by atoms with Gasteiger partial charge in [0.1, 0.15) is 5.69 Å². The summed E-state index contributed by atoms with van der Waals surface area (Å²) < 4.78 is 2.15. The molecule has 3 aromatic rings. The first-order chi connectivity index (χ1) is 10.6. The molecular weight excluding hydrogens is 268 g/mol. The van der Waals surface area contributed by atoms with Crippen LogP contribution in [0.2, 0.25) is 0 Å². The van der Waals surface area contributed by atoms with E-state index in [9.17, 15) is 0 Å². The molecule has 2 aromatic carbocycles. The van der Waals surface area contributed by atoms with Crippen molar-refractivity contribution in [3.8, 4) is 22.5 Å². The van der Waals surface area contributed by atoms with Crippen molar-refractivity contribution in [3.63, 3.8) is 0 Å². The molecule has 0 radical (unpaired) electrons. The average molecular weight is 287 g/mol. The SMILES string of the molecule is Cc1ccc2c(c1)-c1nc[n+](C)c(-c3ccccc3C)c1C2. The molecule has 0 bridgehead atoms. The molecular formula is C20H19N2+. The van der Waals surface area contributed by atoms with E-state index >= 15 is 0 Å². The van der Waals surface area contributed by atoms with Crippen LogP contribution in [0.3, 0.4) is 0 Å². The molecule has 0 saturated carbocycles. The van der Waals surface area contributed by atoms with Gasteiger partial charge >= 0.3 is 0 Å². The molecule has 0 fully saturated rings. The minimum Gasteiger partial charge on any atom is -0.232 e. The molecule has 22 heavy (non-hydrogen) atoms. The Hall–Kier alpha value is -2.48. The summed E-state index contributed by atoms with van der Waals surface area (Å²) in [5.74, 6) is 0. The van der Waals surface area contributed by atoms with Crippen molar-refractivity contribution >= 4 is 0 Å². The van der Waals surface area contributed by atoms with Crippen LogP contribution in [0.5, 0.6) is 0 Å². The van der Waals surface area contributed by atoms with E-state index in [0.717, 1.165) is 12.1 Å². The van der Waals surface area contributed by atoms with Crippen LogP contribution < -0.4 is 4.57 Å². The molecule has 0 saturated heterocycles. The molecule has 1 aliphatic carbocycles. The minimum absolute atomic E-state index is 0.969. The number of hydrogen-bond acceptors (Lipinski definition) is 1. The largest absolute Gasteiger partial charge is 0.287 e. The molecule has 0 unspecified atom stereocenters. The summed E-state index contributed by atoms with van der Waals surface area (Å²) in [4.78, 5) is 4.72. The molecule has 2 nitrogen and oxygen atoms in total. The fraction of sp³-hybridized carbons (Fsp3) is 0.200. The molecule has 1 heterocycles. The molecule has 2 heteroatoms. The first-order valence-corrected chi connectivity index (χ1v) is 7.68. The van der Waals surface area contributed by atoms with Gasteiger partial charge in [-0.3, -0.25) is 0 Å². The van der Waals surface area contributed by atoms with Crippen molar-refractivity contribution in [3.05, 3.63) is 71.0 Å². The Morgan fingerprint density at radius 3 is 2.64 bits per heavy atom. The second kappa shape index (κ2) is 4.77. The van der Waals surface area contributed by atoms with Gasteiger partial charge < -0.3 is 0 Å². The quantitative estimate of drug-likeness (QED) is 0.487. The van der Waals surface area contributed by atoms with Crippen LogP contribution in [0.4, 0.5) is 0 Å². The number of aryl methyl sites for hydroxylation is 3. The van der Waals surface area contributed by atoms with Gasteiger partial charge in [0.2, 0.25) is 0 Å². The first-order valence-electron chi connectivity index (χ1n) is 7.68.